The number of hydrogen-bond acceptors (Lipinski definition) is 4. The van der Waals surface area contributed by atoms with Crippen molar-refractivity contribution in [2.24, 2.45) is 5.92 Å². The fraction of sp³-hybridized carbons (Fsp3) is 0.357. The molecule has 2 aliphatic heterocycles. The second kappa shape index (κ2) is 9.87. The number of anilines is 1. The van der Waals surface area contributed by atoms with Gasteiger partial charge in [0.15, 0.2) is 0 Å². The molecule has 194 valence electrons. The van der Waals surface area contributed by atoms with Crippen LogP contribution in [0, 0.1) is 11.7 Å². The van der Waals surface area contributed by atoms with Crippen LogP contribution in [-0.4, -0.2) is 36.3 Å². The van der Waals surface area contributed by atoms with Gasteiger partial charge in [-0.25, -0.2) is 12.8 Å². The molecule has 1 aromatic heterocycles. The van der Waals surface area contributed by atoms with E-state index in [2.05, 4.69) is 5.32 Å². The molecule has 9 heteroatoms. The fourth-order valence-corrected chi connectivity index (χ4v) is 7.21. The summed E-state index contributed by atoms with van der Waals surface area (Å²) < 4.78 is 45.2. The summed E-state index contributed by atoms with van der Waals surface area (Å²) >= 11 is 0. The predicted molar refractivity (Wildman–Crippen MR) is 140 cm³/mol. The Kier molecular flexibility index (Phi) is 6.76. The summed E-state index contributed by atoms with van der Waals surface area (Å²) in [7, 11) is -3.99. The summed E-state index contributed by atoms with van der Waals surface area (Å²) in [6.07, 6.45) is 2.18. The Morgan fingerprint density at radius 2 is 1.70 bits per heavy atom. The molecule has 0 unspecified atom stereocenters. The number of amides is 1. The lowest BCUT2D eigenvalue weighted by atomic mass is 9.84. The van der Waals surface area contributed by atoms with Crippen LogP contribution in [0.1, 0.15) is 53.4 Å². The highest BCUT2D eigenvalue weighted by Crippen LogP contribution is 2.37. The van der Waals surface area contributed by atoms with Crippen LogP contribution in [-0.2, 0) is 29.4 Å². The molecule has 2 atom stereocenters. The van der Waals surface area contributed by atoms with Crippen LogP contribution in [0.5, 0.6) is 0 Å². The smallest absolute Gasteiger partial charge is 0.258 e. The molecule has 37 heavy (non-hydrogen) atoms. The van der Waals surface area contributed by atoms with Gasteiger partial charge in [-0.15, -0.1) is 0 Å². The van der Waals surface area contributed by atoms with E-state index in [0.29, 0.717) is 25.1 Å². The third-order valence-electron chi connectivity index (χ3n) is 7.50. The molecule has 1 fully saturated rings. The monoisotopic (exact) mass is 523 g/mol. The summed E-state index contributed by atoms with van der Waals surface area (Å²) in [5, 5.41) is 2.83. The van der Waals surface area contributed by atoms with Crippen molar-refractivity contribution >= 4 is 21.6 Å². The van der Waals surface area contributed by atoms with E-state index in [1.165, 1.54) is 16.4 Å². The largest absolute Gasteiger partial charge is 0.321 e. The zero-order valence-electron chi connectivity index (χ0n) is 20.9. The Hall–Kier alpha value is -3.30. The second-order valence-corrected chi connectivity index (χ2v) is 11.7. The number of sulfonamides is 1. The maximum absolute atomic E-state index is 14.8. The van der Waals surface area contributed by atoms with Crippen LogP contribution < -0.4 is 10.9 Å². The lowest BCUT2D eigenvalue weighted by molar-refractivity contribution is 0.102. The van der Waals surface area contributed by atoms with E-state index in [-0.39, 0.29) is 40.9 Å². The number of aromatic nitrogens is 1. The van der Waals surface area contributed by atoms with E-state index in [4.69, 9.17) is 0 Å². The maximum Gasteiger partial charge on any atom is 0.258 e. The summed E-state index contributed by atoms with van der Waals surface area (Å²) in [4.78, 5) is 25.3. The molecular weight excluding hydrogens is 493 g/mol. The third-order valence-corrected chi connectivity index (χ3v) is 9.33. The standard InChI is InChI=1S/C28H30FN3O4S/c1-3-19-7-5-8-20(4-2)27(19)30-28(34)23-14-22(11-12-24(23)29)37(35,36)31-15-18-13-21(17-31)25-9-6-10-26(33)32(25)16-18/h5-12,14,18,21H,3-4,13,15-17H2,1-2H3,(H,30,34)/t18-,21+/m1/s1. The highest BCUT2D eigenvalue weighted by Gasteiger charge is 2.39. The number of carbonyl (C=O) groups is 1. The van der Waals surface area contributed by atoms with Gasteiger partial charge in [0.1, 0.15) is 5.82 Å². The molecule has 0 aliphatic carbocycles. The summed E-state index contributed by atoms with van der Waals surface area (Å²) in [5.74, 6) is -1.57. The molecule has 1 saturated heterocycles. The van der Waals surface area contributed by atoms with Gasteiger partial charge in [-0.1, -0.05) is 38.1 Å². The van der Waals surface area contributed by atoms with Gasteiger partial charge < -0.3 is 9.88 Å². The highest BCUT2D eigenvalue weighted by molar-refractivity contribution is 7.89. The molecule has 1 N–H and O–H groups in total. The van der Waals surface area contributed by atoms with E-state index in [1.54, 1.807) is 10.6 Å². The number of nitrogens with zero attached hydrogens (tertiary/aromatic N) is 2. The number of piperidine rings is 1. The van der Waals surface area contributed by atoms with Crippen LogP contribution in [0.2, 0.25) is 0 Å². The number of pyridine rings is 1. The van der Waals surface area contributed by atoms with Crippen molar-refractivity contribution in [2.75, 3.05) is 18.4 Å². The van der Waals surface area contributed by atoms with Gasteiger partial charge >= 0.3 is 0 Å². The molecule has 3 aromatic rings. The Morgan fingerprint density at radius 1 is 1.00 bits per heavy atom. The van der Waals surface area contributed by atoms with Crippen molar-refractivity contribution in [1.82, 2.24) is 8.87 Å². The van der Waals surface area contributed by atoms with Crippen molar-refractivity contribution in [3.05, 3.63) is 93.2 Å². The van der Waals surface area contributed by atoms with Crippen LogP contribution in [0.25, 0.3) is 0 Å². The molecule has 0 radical (unpaired) electrons. The third kappa shape index (κ3) is 4.62. The summed E-state index contributed by atoms with van der Waals surface area (Å²) in [6.45, 7) is 4.90. The minimum atomic E-state index is -3.99. The molecule has 5 rings (SSSR count). The fourth-order valence-electron chi connectivity index (χ4n) is 5.62. The number of hydrogen-bond donors (Lipinski definition) is 1. The number of rotatable bonds is 6. The van der Waals surface area contributed by atoms with Gasteiger partial charge in [0.05, 0.1) is 10.5 Å². The Labute approximate surface area is 216 Å². The number of benzene rings is 2. The predicted octanol–water partition coefficient (Wildman–Crippen LogP) is 4.17. The van der Waals surface area contributed by atoms with Crippen LogP contribution in [0.4, 0.5) is 10.1 Å². The number of para-hydroxylation sites is 1. The van der Waals surface area contributed by atoms with Gasteiger partial charge in [0.2, 0.25) is 10.0 Å². The molecule has 3 heterocycles. The van der Waals surface area contributed by atoms with Crippen LogP contribution in [0.15, 0.2) is 64.3 Å². The first kappa shape index (κ1) is 25.4. The molecule has 2 aromatic carbocycles. The first-order chi connectivity index (χ1) is 17.7. The van der Waals surface area contributed by atoms with E-state index in [9.17, 15) is 22.4 Å². The molecule has 7 nitrogen and oxygen atoms in total. The number of fused-ring (bicyclic) bond motifs is 4. The number of carbonyl (C=O) groups excluding carboxylic acids is 1. The van der Waals surface area contributed by atoms with Crippen molar-refractivity contribution < 1.29 is 17.6 Å². The molecule has 2 bridgehead atoms. The van der Waals surface area contributed by atoms with Crippen molar-refractivity contribution in [3.63, 3.8) is 0 Å². The number of aryl methyl sites for hydroxylation is 2. The molecular formula is C28H30FN3O4S. The number of halogens is 1. The van der Waals surface area contributed by atoms with Gasteiger partial charge in [0.25, 0.3) is 11.5 Å². The molecule has 0 spiro atoms. The normalized spacial score (nSPS) is 19.3. The van der Waals surface area contributed by atoms with Crippen LogP contribution in [0.3, 0.4) is 0 Å². The SMILES string of the molecule is CCc1cccc(CC)c1NC(=O)c1cc(S(=O)(=O)N2C[C@H]3C[C@@H](C2)c2cccc(=O)n2C3)ccc1F. The first-order valence-corrected chi connectivity index (χ1v) is 14.1. The minimum absolute atomic E-state index is 0.00218. The average molecular weight is 524 g/mol. The maximum atomic E-state index is 14.8. The van der Waals surface area contributed by atoms with Crippen molar-refractivity contribution in [1.29, 1.82) is 0 Å². The average Bonchev–Trinajstić information content (AvgIpc) is 2.89. The molecule has 1 amide bonds. The van der Waals surface area contributed by atoms with E-state index in [0.717, 1.165) is 35.4 Å². The van der Waals surface area contributed by atoms with Gasteiger partial charge in [-0.2, -0.15) is 4.31 Å². The number of nitrogens with one attached hydrogen (secondary N) is 1. The topological polar surface area (TPSA) is 88.5 Å². The Morgan fingerprint density at radius 3 is 2.41 bits per heavy atom. The van der Waals surface area contributed by atoms with E-state index >= 15 is 0 Å². The summed E-state index contributed by atoms with van der Waals surface area (Å²) in [5.41, 5.74) is 2.94. The lowest BCUT2D eigenvalue weighted by Crippen LogP contribution is -2.49. The van der Waals surface area contributed by atoms with Gasteiger partial charge in [0, 0.05) is 43.0 Å². The molecule has 2 aliphatic rings. The Bertz CT molecular complexity index is 1510. The highest BCUT2D eigenvalue weighted by atomic mass is 32.2. The second-order valence-electron chi connectivity index (χ2n) is 9.77. The zero-order chi connectivity index (χ0) is 26.3. The first-order valence-electron chi connectivity index (χ1n) is 12.6. The van der Waals surface area contributed by atoms with E-state index < -0.39 is 21.7 Å². The lowest BCUT2D eigenvalue weighted by Gasteiger charge is -2.42. The van der Waals surface area contributed by atoms with Gasteiger partial charge in [-0.3, -0.25) is 9.59 Å². The van der Waals surface area contributed by atoms with Crippen molar-refractivity contribution in [3.8, 4) is 0 Å². The minimum Gasteiger partial charge on any atom is -0.321 e. The van der Waals surface area contributed by atoms with Crippen LogP contribution >= 0.6 is 0 Å². The van der Waals surface area contributed by atoms with E-state index in [1.807, 2.05) is 38.1 Å². The van der Waals surface area contributed by atoms with Crippen molar-refractivity contribution in [2.45, 2.75) is 50.5 Å². The quantitative estimate of drug-likeness (QED) is 0.525. The summed E-state index contributed by atoms with van der Waals surface area (Å²) in [6, 6.07) is 14.2. The molecule has 0 saturated carbocycles. The Balaban J connectivity index is 1.44. The zero-order valence-corrected chi connectivity index (χ0v) is 21.7. The van der Waals surface area contributed by atoms with Gasteiger partial charge in [-0.05, 0) is 60.6 Å².